The van der Waals surface area contributed by atoms with Gasteiger partial charge in [0, 0.05) is 43.7 Å². The Morgan fingerprint density at radius 3 is 2.78 bits per heavy atom. The Morgan fingerprint density at radius 1 is 1.35 bits per heavy atom. The fourth-order valence-corrected chi connectivity index (χ4v) is 2.41. The van der Waals surface area contributed by atoms with Gasteiger partial charge in [-0.15, -0.1) is 6.42 Å². The maximum atomic E-state index is 11.6. The number of aromatic hydroxyl groups is 1. The summed E-state index contributed by atoms with van der Waals surface area (Å²) in [6.07, 6.45) is 6.88. The molecule has 5 nitrogen and oxygen atoms in total. The highest BCUT2D eigenvalue weighted by Crippen LogP contribution is 2.20. The molecule has 5 heteroatoms. The van der Waals surface area contributed by atoms with Crippen molar-refractivity contribution in [1.82, 2.24) is 9.47 Å². The SMILES string of the molecule is C#CCN(Cc1ccccc1OC)Cc1cc(=O)c(O)cn1C. The molecule has 0 unspecified atom stereocenters. The smallest absolute Gasteiger partial charge is 0.223 e. The van der Waals surface area contributed by atoms with Crippen LogP contribution in [0.25, 0.3) is 0 Å². The first kappa shape index (κ1) is 16.7. The van der Waals surface area contributed by atoms with Gasteiger partial charge in [-0.05, 0) is 6.07 Å². The highest BCUT2D eigenvalue weighted by Gasteiger charge is 2.12. The molecule has 0 amide bonds. The predicted octanol–water partition coefficient (Wildman–Crippen LogP) is 1.73. The number of nitrogens with zero attached hydrogens (tertiary/aromatic N) is 2. The van der Waals surface area contributed by atoms with Crippen LogP contribution in [0, 0.1) is 12.3 Å². The number of para-hydroxylation sites is 1. The first-order valence-electron chi connectivity index (χ1n) is 7.21. The molecule has 2 rings (SSSR count). The van der Waals surface area contributed by atoms with Crippen LogP contribution in [0.2, 0.25) is 0 Å². The van der Waals surface area contributed by atoms with E-state index in [1.165, 1.54) is 12.3 Å². The second-order valence-corrected chi connectivity index (χ2v) is 5.29. The van der Waals surface area contributed by atoms with Gasteiger partial charge >= 0.3 is 0 Å². The highest BCUT2D eigenvalue weighted by molar-refractivity contribution is 5.33. The predicted molar refractivity (Wildman–Crippen MR) is 89.3 cm³/mol. The summed E-state index contributed by atoms with van der Waals surface area (Å²) in [5, 5.41) is 9.47. The van der Waals surface area contributed by atoms with Gasteiger partial charge in [-0.25, -0.2) is 0 Å². The van der Waals surface area contributed by atoms with Crippen molar-refractivity contribution in [2.24, 2.45) is 7.05 Å². The first-order valence-corrected chi connectivity index (χ1v) is 7.21. The molecule has 120 valence electrons. The Labute approximate surface area is 135 Å². The lowest BCUT2D eigenvalue weighted by molar-refractivity contribution is 0.277. The van der Waals surface area contributed by atoms with Crippen molar-refractivity contribution < 1.29 is 9.84 Å². The molecular weight excluding hydrogens is 292 g/mol. The molecular formula is C18H20N2O3. The van der Waals surface area contributed by atoms with Crippen molar-refractivity contribution in [2.45, 2.75) is 13.1 Å². The Bertz CT molecular complexity index is 775. The van der Waals surface area contributed by atoms with Gasteiger partial charge in [0.25, 0.3) is 0 Å². The Morgan fingerprint density at radius 2 is 2.09 bits per heavy atom. The Balaban J connectivity index is 2.24. The van der Waals surface area contributed by atoms with Crippen molar-refractivity contribution in [3.63, 3.8) is 0 Å². The quantitative estimate of drug-likeness (QED) is 0.826. The number of hydrogen-bond acceptors (Lipinski definition) is 4. The zero-order valence-electron chi connectivity index (χ0n) is 13.3. The van der Waals surface area contributed by atoms with E-state index in [9.17, 15) is 9.90 Å². The molecule has 0 radical (unpaired) electrons. The molecule has 0 aliphatic heterocycles. The van der Waals surface area contributed by atoms with E-state index in [-0.39, 0.29) is 5.75 Å². The average molecular weight is 312 g/mol. The Hall–Kier alpha value is -2.71. The van der Waals surface area contributed by atoms with Crippen LogP contribution in [0.5, 0.6) is 11.5 Å². The summed E-state index contributed by atoms with van der Waals surface area (Å²) in [6.45, 7) is 1.53. The molecule has 1 aromatic carbocycles. The molecule has 0 fully saturated rings. The van der Waals surface area contributed by atoms with Crippen LogP contribution >= 0.6 is 0 Å². The van der Waals surface area contributed by atoms with Gasteiger partial charge in [0.2, 0.25) is 5.43 Å². The molecule has 0 aliphatic carbocycles. The second kappa shape index (κ2) is 7.52. The summed E-state index contributed by atoms with van der Waals surface area (Å²) in [5.41, 5.74) is 1.41. The zero-order chi connectivity index (χ0) is 16.8. The minimum Gasteiger partial charge on any atom is -0.503 e. The molecule has 23 heavy (non-hydrogen) atoms. The number of benzene rings is 1. The lowest BCUT2D eigenvalue weighted by Crippen LogP contribution is -2.26. The third kappa shape index (κ3) is 4.15. The molecule has 0 bridgehead atoms. The summed E-state index contributed by atoms with van der Waals surface area (Å²) in [6, 6.07) is 9.18. The van der Waals surface area contributed by atoms with E-state index in [1.54, 1.807) is 18.7 Å². The molecule has 0 atom stereocenters. The number of methoxy groups -OCH3 is 1. The monoisotopic (exact) mass is 312 g/mol. The molecule has 0 saturated heterocycles. The average Bonchev–Trinajstić information content (AvgIpc) is 2.53. The second-order valence-electron chi connectivity index (χ2n) is 5.29. The van der Waals surface area contributed by atoms with E-state index in [4.69, 9.17) is 11.2 Å². The third-order valence-corrected chi connectivity index (χ3v) is 3.61. The molecule has 1 aromatic heterocycles. The third-order valence-electron chi connectivity index (χ3n) is 3.61. The van der Waals surface area contributed by atoms with Crippen LogP contribution in [0.4, 0.5) is 0 Å². The standard InChI is InChI=1S/C18H20N2O3/c1-4-9-20(11-14-7-5-6-8-18(14)23-3)12-15-10-16(21)17(22)13-19(15)2/h1,5-8,10,13,22H,9,11-12H2,2-3H3. The van der Waals surface area contributed by atoms with E-state index in [0.29, 0.717) is 19.6 Å². The van der Waals surface area contributed by atoms with E-state index in [1.807, 2.05) is 29.2 Å². The number of rotatable bonds is 6. The zero-order valence-corrected chi connectivity index (χ0v) is 13.3. The fraction of sp³-hybridized carbons (Fsp3) is 0.278. The van der Waals surface area contributed by atoms with Gasteiger partial charge in [-0.1, -0.05) is 24.1 Å². The highest BCUT2D eigenvalue weighted by atomic mass is 16.5. The lowest BCUT2D eigenvalue weighted by Gasteiger charge is -2.22. The number of terminal acetylenes is 1. The van der Waals surface area contributed by atoms with E-state index >= 15 is 0 Å². The van der Waals surface area contributed by atoms with Gasteiger partial charge < -0.3 is 14.4 Å². The number of aryl methyl sites for hydroxylation is 1. The van der Waals surface area contributed by atoms with Crippen LogP contribution in [0.3, 0.4) is 0 Å². The summed E-state index contributed by atoms with van der Waals surface area (Å²) >= 11 is 0. The molecule has 0 aliphatic rings. The van der Waals surface area contributed by atoms with E-state index in [2.05, 4.69) is 5.92 Å². The minimum atomic E-state index is -0.393. The summed E-state index contributed by atoms with van der Waals surface area (Å²) < 4.78 is 7.09. The van der Waals surface area contributed by atoms with Crippen LogP contribution in [-0.4, -0.2) is 28.2 Å². The summed E-state index contributed by atoms with van der Waals surface area (Å²) in [5.74, 6) is 3.18. The summed E-state index contributed by atoms with van der Waals surface area (Å²) in [7, 11) is 3.42. The maximum absolute atomic E-state index is 11.6. The van der Waals surface area contributed by atoms with Crippen molar-refractivity contribution >= 4 is 0 Å². The largest absolute Gasteiger partial charge is 0.503 e. The molecule has 0 saturated carbocycles. The summed E-state index contributed by atoms with van der Waals surface area (Å²) in [4.78, 5) is 13.7. The minimum absolute atomic E-state index is 0.260. The van der Waals surface area contributed by atoms with Gasteiger partial charge in [0.15, 0.2) is 5.75 Å². The number of pyridine rings is 1. The van der Waals surface area contributed by atoms with Gasteiger partial charge in [-0.2, -0.15) is 0 Å². The molecule has 2 aromatic rings. The molecule has 1 heterocycles. The van der Waals surface area contributed by atoms with Crippen molar-refractivity contribution in [2.75, 3.05) is 13.7 Å². The van der Waals surface area contributed by atoms with Crippen LogP contribution in [-0.2, 0) is 20.1 Å². The fourth-order valence-electron chi connectivity index (χ4n) is 2.41. The Kier molecular flexibility index (Phi) is 5.45. The molecule has 0 spiro atoms. The van der Waals surface area contributed by atoms with E-state index in [0.717, 1.165) is 17.0 Å². The van der Waals surface area contributed by atoms with Crippen LogP contribution in [0.1, 0.15) is 11.3 Å². The van der Waals surface area contributed by atoms with Gasteiger partial charge in [0.05, 0.1) is 13.7 Å². The van der Waals surface area contributed by atoms with Crippen molar-refractivity contribution in [1.29, 1.82) is 0 Å². The van der Waals surface area contributed by atoms with Crippen LogP contribution < -0.4 is 10.2 Å². The van der Waals surface area contributed by atoms with Crippen molar-refractivity contribution in [3.05, 3.63) is 58.0 Å². The van der Waals surface area contributed by atoms with Crippen LogP contribution in [0.15, 0.2) is 41.3 Å². The normalized spacial score (nSPS) is 10.5. The van der Waals surface area contributed by atoms with Crippen molar-refractivity contribution in [3.8, 4) is 23.8 Å². The van der Waals surface area contributed by atoms with E-state index < -0.39 is 5.43 Å². The molecule has 1 N–H and O–H groups in total. The number of hydrogen-bond donors (Lipinski definition) is 1. The number of ether oxygens (including phenoxy) is 1. The topological polar surface area (TPSA) is 54.7 Å². The lowest BCUT2D eigenvalue weighted by atomic mass is 10.1. The van der Waals surface area contributed by atoms with Gasteiger partial charge in [0.1, 0.15) is 5.75 Å². The van der Waals surface area contributed by atoms with Gasteiger partial charge in [-0.3, -0.25) is 9.69 Å². The number of aromatic nitrogens is 1. The maximum Gasteiger partial charge on any atom is 0.223 e. The first-order chi connectivity index (χ1) is 11.0.